The second-order valence-corrected chi connectivity index (χ2v) is 6.59. The maximum Gasteiger partial charge on any atom is 0.405 e. The second kappa shape index (κ2) is 8.49. The Morgan fingerprint density at radius 2 is 1.81 bits per heavy atom. The number of nitrogens with zero attached hydrogens (tertiary/aromatic N) is 4. The van der Waals surface area contributed by atoms with Gasteiger partial charge in [-0.2, -0.15) is 28.1 Å². The molecular formula is C15H18BrF3N6O. The number of hydrogen-bond donors (Lipinski definition) is 3. The van der Waals surface area contributed by atoms with E-state index in [9.17, 15) is 18.4 Å². The van der Waals surface area contributed by atoms with Crippen LogP contribution in [0.4, 0.5) is 31.0 Å². The molecule has 0 unspecified atom stereocenters. The zero-order chi connectivity index (χ0) is 19.3. The molecule has 11 heteroatoms. The molecule has 0 radical (unpaired) electrons. The van der Waals surface area contributed by atoms with Gasteiger partial charge in [0.15, 0.2) is 0 Å². The van der Waals surface area contributed by atoms with Crippen molar-refractivity contribution >= 4 is 33.8 Å². The normalized spacial score (nSPS) is 11.5. The van der Waals surface area contributed by atoms with E-state index in [1.165, 1.54) is 0 Å². The van der Waals surface area contributed by atoms with Gasteiger partial charge in [-0.1, -0.05) is 28.1 Å². The van der Waals surface area contributed by atoms with E-state index in [0.29, 0.717) is 6.54 Å². The van der Waals surface area contributed by atoms with Gasteiger partial charge in [-0.25, -0.2) is 5.06 Å². The summed E-state index contributed by atoms with van der Waals surface area (Å²) in [5, 5.41) is 15.8. The van der Waals surface area contributed by atoms with Gasteiger partial charge in [0.25, 0.3) is 5.95 Å². The predicted octanol–water partition coefficient (Wildman–Crippen LogP) is 3.82. The maximum atomic E-state index is 12.4. The molecule has 0 aliphatic carbocycles. The molecule has 26 heavy (non-hydrogen) atoms. The van der Waals surface area contributed by atoms with Gasteiger partial charge in [0, 0.05) is 11.0 Å². The summed E-state index contributed by atoms with van der Waals surface area (Å²) in [6, 6.07) is 7.10. The highest BCUT2D eigenvalue weighted by molar-refractivity contribution is 9.10. The molecule has 1 aromatic heterocycles. The van der Waals surface area contributed by atoms with Crippen LogP contribution in [0.2, 0.25) is 0 Å². The number of halogens is 4. The summed E-state index contributed by atoms with van der Waals surface area (Å²) >= 11 is 3.36. The van der Waals surface area contributed by atoms with E-state index >= 15 is 0 Å². The van der Waals surface area contributed by atoms with Crippen molar-refractivity contribution < 1.29 is 18.4 Å². The number of anilines is 3. The lowest BCUT2D eigenvalue weighted by atomic mass is 10.2. The van der Waals surface area contributed by atoms with Crippen LogP contribution in [0.15, 0.2) is 28.7 Å². The molecule has 0 fully saturated rings. The van der Waals surface area contributed by atoms with Crippen LogP contribution >= 0.6 is 15.9 Å². The molecule has 3 N–H and O–H groups in total. The van der Waals surface area contributed by atoms with Crippen LogP contribution in [0.25, 0.3) is 0 Å². The fraction of sp³-hybridized carbons (Fsp3) is 0.400. The molecular weight excluding hydrogens is 417 g/mol. The topological polar surface area (TPSA) is 86.2 Å². The number of benzene rings is 1. The molecule has 1 heterocycles. The number of aromatic nitrogens is 3. The van der Waals surface area contributed by atoms with Gasteiger partial charge in [-0.05, 0) is 31.5 Å². The third-order valence-corrected chi connectivity index (χ3v) is 3.60. The molecule has 7 nitrogen and oxygen atoms in total. The minimum atomic E-state index is -4.42. The first-order valence-corrected chi connectivity index (χ1v) is 8.46. The van der Waals surface area contributed by atoms with Gasteiger partial charge in [-0.15, -0.1) is 0 Å². The Bertz CT molecular complexity index is 744. The van der Waals surface area contributed by atoms with E-state index in [1.54, 1.807) is 13.8 Å². The molecule has 0 saturated carbocycles. The Labute approximate surface area is 156 Å². The lowest BCUT2D eigenvalue weighted by molar-refractivity contribution is -0.115. The Kier molecular flexibility index (Phi) is 6.59. The molecule has 0 spiro atoms. The molecule has 2 rings (SSSR count). The predicted molar refractivity (Wildman–Crippen MR) is 95.2 cm³/mol. The number of hydrogen-bond acceptors (Lipinski definition) is 7. The van der Waals surface area contributed by atoms with Gasteiger partial charge < -0.3 is 10.6 Å². The molecule has 0 atom stereocenters. The van der Waals surface area contributed by atoms with Gasteiger partial charge in [-0.3, -0.25) is 5.21 Å². The van der Waals surface area contributed by atoms with E-state index in [0.717, 1.165) is 15.1 Å². The zero-order valence-corrected chi connectivity index (χ0v) is 15.6. The Hall–Kier alpha value is -2.14. The summed E-state index contributed by atoms with van der Waals surface area (Å²) in [6.45, 7) is 2.41. The van der Waals surface area contributed by atoms with Crippen molar-refractivity contribution in [3.8, 4) is 0 Å². The highest BCUT2D eigenvalue weighted by Crippen LogP contribution is 2.19. The Balaban J connectivity index is 2.21. The van der Waals surface area contributed by atoms with Crippen molar-refractivity contribution in [3.63, 3.8) is 0 Å². The van der Waals surface area contributed by atoms with Crippen LogP contribution in [-0.4, -0.2) is 38.9 Å². The third-order valence-electron chi connectivity index (χ3n) is 3.10. The Morgan fingerprint density at radius 1 is 1.15 bits per heavy atom. The fourth-order valence-electron chi connectivity index (χ4n) is 1.86. The highest BCUT2D eigenvalue weighted by atomic mass is 79.9. The van der Waals surface area contributed by atoms with Crippen LogP contribution in [0.1, 0.15) is 19.4 Å². The van der Waals surface area contributed by atoms with Crippen molar-refractivity contribution in [1.82, 2.24) is 15.0 Å². The first-order chi connectivity index (χ1) is 12.1. The fourth-order valence-corrected chi connectivity index (χ4v) is 2.31. The van der Waals surface area contributed by atoms with Crippen LogP contribution in [0.5, 0.6) is 0 Å². The summed E-state index contributed by atoms with van der Waals surface area (Å²) < 4.78 is 38.2. The average Bonchev–Trinajstić information content (AvgIpc) is 2.57. The highest BCUT2D eigenvalue weighted by Gasteiger charge is 2.27. The lowest BCUT2D eigenvalue weighted by Crippen LogP contribution is -2.30. The molecule has 0 saturated heterocycles. The van der Waals surface area contributed by atoms with Gasteiger partial charge in [0.05, 0.1) is 6.04 Å². The molecule has 0 aliphatic heterocycles. The first kappa shape index (κ1) is 20.2. The molecule has 2 aromatic rings. The molecule has 1 aromatic carbocycles. The third kappa shape index (κ3) is 6.30. The summed E-state index contributed by atoms with van der Waals surface area (Å²) in [5.74, 6) is -0.403. The minimum Gasteiger partial charge on any atom is -0.350 e. The van der Waals surface area contributed by atoms with E-state index < -0.39 is 12.7 Å². The number of hydroxylamine groups is 1. The van der Waals surface area contributed by atoms with Gasteiger partial charge in [0.1, 0.15) is 6.54 Å². The number of alkyl halides is 3. The van der Waals surface area contributed by atoms with Crippen molar-refractivity contribution in [2.24, 2.45) is 0 Å². The summed E-state index contributed by atoms with van der Waals surface area (Å²) in [5.41, 5.74) is 0.913. The molecule has 0 aliphatic rings. The van der Waals surface area contributed by atoms with E-state index in [4.69, 9.17) is 0 Å². The standard InChI is InChI=1S/C15H18BrF3N6O/c1-9(2)25(26)14-23-12(20-7-10-4-3-5-11(16)6-10)22-13(24-14)21-8-15(17,18)19/h3-6,9,26H,7-8H2,1-2H3,(H2,20,21,22,23,24). The lowest BCUT2D eigenvalue weighted by Gasteiger charge is -2.20. The number of rotatable bonds is 7. The summed E-state index contributed by atoms with van der Waals surface area (Å²) in [7, 11) is 0. The van der Waals surface area contributed by atoms with Crippen molar-refractivity contribution in [2.75, 3.05) is 22.2 Å². The van der Waals surface area contributed by atoms with Crippen molar-refractivity contribution in [1.29, 1.82) is 0 Å². The van der Waals surface area contributed by atoms with Crippen LogP contribution in [0, 0.1) is 0 Å². The number of nitrogens with one attached hydrogen (secondary N) is 2. The van der Waals surface area contributed by atoms with Crippen LogP contribution < -0.4 is 15.7 Å². The largest absolute Gasteiger partial charge is 0.405 e. The van der Waals surface area contributed by atoms with Gasteiger partial charge >= 0.3 is 6.18 Å². The average molecular weight is 435 g/mol. The molecule has 0 amide bonds. The Morgan fingerprint density at radius 3 is 2.38 bits per heavy atom. The van der Waals surface area contributed by atoms with E-state index in [-0.39, 0.29) is 23.9 Å². The SMILES string of the molecule is CC(C)N(O)c1nc(NCc2cccc(Br)c2)nc(NCC(F)(F)F)n1. The quantitative estimate of drug-likeness (QED) is 0.570. The zero-order valence-electron chi connectivity index (χ0n) is 14.0. The maximum absolute atomic E-state index is 12.4. The van der Waals surface area contributed by atoms with Crippen molar-refractivity contribution in [2.45, 2.75) is 32.6 Å². The van der Waals surface area contributed by atoms with Crippen molar-refractivity contribution in [3.05, 3.63) is 34.3 Å². The summed E-state index contributed by atoms with van der Waals surface area (Å²) in [4.78, 5) is 11.8. The summed E-state index contributed by atoms with van der Waals surface area (Å²) in [6.07, 6.45) is -4.42. The van der Waals surface area contributed by atoms with Crippen LogP contribution in [-0.2, 0) is 6.54 Å². The minimum absolute atomic E-state index is 0.0411. The molecule has 142 valence electrons. The first-order valence-electron chi connectivity index (χ1n) is 7.67. The van der Waals surface area contributed by atoms with Gasteiger partial charge in [0.2, 0.25) is 11.9 Å². The smallest absolute Gasteiger partial charge is 0.350 e. The molecule has 0 bridgehead atoms. The monoisotopic (exact) mass is 434 g/mol. The van der Waals surface area contributed by atoms with E-state index in [1.807, 2.05) is 24.3 Å². The van der Waals surface area contributed by atoms with Crippen LogP contribution in [0.3, 0.4) is 0 Å². The van der Waals surface area contributed by atoms with E-state index in [2.05, 4.69) is 41.5 Å². The second-order valence-electron chi connectivity index (χ2n) is 5.67.